The molecule has 150 valence electrons. The number of allylic oxidation sites excluding steroid dienone is 1. The van der Waals surface area contributed by atoms with Gasteiger partial charge in [-0.3, -0.25) is 4.79 Å². The van der Waals surface area contributed by atoms with Gasteiger partial charge in [-0.15, -0.1) is 0 Å². The Bertz CT molecular complexity index is 1230. The number of ketones is 1. The molecule has 3 aromatic rings. The number of fused-ring (bicyclic) bond motifs is 1. The molecule has 1 heterocycles. The number of hydrogen-bond acceptors (Lipinski definition) is 4. The minimum Gasteiger partial charge on any atom is -0.452 e. The van der Waals surface area contributed by atoms with Gasteiger partial charge in [0.2, 0.25) is 5.78 Å². The fourth-order valence-electron chi connectivity index (χ4n) is 3.08. The lowest BCUT2D eigenvalue weighted by atomic mass is 10.0. The number of hydrogen-bond donors (Lipinski definition) is 0. The molecule has 0 aromatic heterocycles. The summed E-state index contributed by atoms with van der Waals surface area (Å²) < 4.78 is 11.9. The molecule has 1 aliphatic rings. The second-order valence-corrected chi connectivity index (χ2v) is 8.29. The molecule has 0 fully saturated rings. The van der Waals surface area contributed by atoms with Crippen molar-refractivity contribution >= 4 is 57.0 Å². The third kappa shape index (κ3) is 4.01. The molecule has 4 nitrogen and oxygen atoms in total. The van der Waals surface area contributed by atoms with Crippen LogP contribution in [0.5, 0.6) is 11.5 Å². The van der Waals surface area contributed by atoms with Crippen LogP contribution in [0.15, 0.2) is 64.8 Å². The van der Waals surface area contributed by atoms with Crippen molar-refractivity contribution in [2.45, 2.75) is 6.92 Å². The van der Waals surface area contributed by atoms with Gasteiger partial charge in [0.05, 0.1) is 11.1 Å². The molecule has 4 rings (SSSR count). The Kier molecular flexibility index (Phi) is 5.69. The van der Waals surface area contributed by atoms with Gasteiger partial charge in [0.25, 0.3) is 0 Å². The zero-order valence-corrected chi connectivity index (χ0v) is 18.6. The zero-order chi connectivity index (χ0) is 21.4. The Hall–Kier alpha value is -2.60. The number of rotatable bonds is 3. The normalized spacial score (nSPS) is 13.9. The van der Waals surface area contributed by atoms with E-state index in [1.54, 1.807) is 61.5 Å². The van der Waals surface area contributed by atoms with Gasteiger partial charge in [0.1, 0.15) is 11.5 Å². The molecule has 0 unspecified atom stereocenters. The topological polar surface area (TPSA) is 52.6 Å². The predicted octanol–water partition coefficient (Wildman–Crippen LogP) is 6.90. The largest absolute Gasteiger partial charge is 0.452 e. The van der Waals surface area contributed by atoms with Crippen molar-refractivity contribution in [3.63, 3.8) is 0 Å². The van der Waals surface area contributed by atoms with E-state index < -0.39 is 5.97 Å². The minimum atomic E-state index is -0.519. The third-order valence-electron chi connectivity index (χ3n) is 4.50. The Morgan fingerprint density at radius 2 is 1.87 bits per heavy atom. The molecule has 0 N–H and O–H groups in total. The Labute approximate surface area is 191 Å². The molecule has 0 bridgehead atoms. The second kappa shape index (κ2) is 8.26. The van der Waals surface area contributed by atoms with Crippen LogP contribution >= 0.6 is 39.1 Å². The highest BCUT2D eigenvalue weighted by Gasteiger charge is 2.30. The highest BCUT2D eigenvalue weighted by Crippen LogP contribution is 2.38. The smallest absolute Gasteiger partial charge is 0.344 e. The maximum Gasteiger partial charge on any atom is 0.344 e. The van der Waals surface area contributed by atoms with Crippen molar-refractivity contribution in [2.75, 3.05) is 0 Å². The minimum absolute atomic E-state index is 0.131. The van der Waals surface area contributed by atoms with Crippen molar-refractivity contribution < 1.29 is 19.1 Å². The fourth-order valence-corrected chi connectivity index (χ4v) is 3.99. The number of carbonyl (C=O) groups is 2. The van der Waals surface area contributed by atoms with Gasteiger partial charge in [-0.05, 0) is 70.4 Å². The van der Waals surface area contributed by atoms with E-state index in [1.807, 2.05) is 0 Å². The van der Waals surface area contributed by atoms with Crippen molar-refractivity contribution in [2.24, 2.45) is 0 Å². The summed E-state index contributed by atoms with van der Waals surface area (Å²) in [6, 6.07) is 15.1. The van der Waals surface area contributed by atoms with Crippen LogP contribution in [0.2, 0.25) is 10.0 Å². The number of halogens is 3. The molecular weight excluding hydrogens is 491 g/mol. The molecule has 3 aromatic carbocycles. The first kappa shape index (κ1) is 20.7. The van der Waals surface area contributed by atoms with E-state index in [1.165, 1.54) is 6.07 Å². The van der Waals surface area contributed by atoms with Crippen LogP contribution in [0.1, 0.15) is 31.8 Å². The van der Waals surface area contributed by atoms with Gasteiger partial charge in [-0.25, -0.2) is 4.79 Å². The highest BCUT2D eigenvalue weighted by atomic mass is 79.9. The van der Waals surface area contributed by atoms with Crippen molar-refractivity contribution in [1.29, 1.82) is 0 Å². The van der Waals surface area contributed by atoms with E-state index >= 15 is 0 Å². The number of esters is 1. The van der Waals surface area contributed by atoms with Gasteiger partial charge in [0.15, 0.2) is 5.76 Å². The van der Waals surface area contributed by atoms with E-state index in [-0.39, 0.29) is 17.3 Å². The summed E-state index contributed by atoms with van der Waals surface area (Å²) in [5, 5.41) is 0.901. The molecule has 0 radical (unpaired) electrons. The molecule has 0 atom stereocenters. The molecular formula is C23H13BrCl2O4. The van der Waals surface area contributed by atoms with Crippen LogP contribution in [0, 0.1) is 6.92 Å². The van der Waals surface area contributed by atoms with Crippen LogP contribution in [0.25, 0.3) is 6.08 Å². The average molecular weight is 504 g/mol. The van der Waals surface area contributed by atoms with Gasteiger partial charge in [0, 0.05) is 20.6 Å². The Morgan fingerprint density at radius 3 is 2.60 bits per heavy atom. The molecule has 0 spiro atoms. The number of carbonyl (C=O) groups excluding carboxylic acids is 2. The number of ether oxygens (including phenoxy) is 2. The van der Waals surface area contributed by atoms with Crippen LogP contribution in [-0.4, -0.2) is 11.8 Å². The summed E-state index contributed by atoms with van der Waals surface area (Å²) in [7, 11) is 0. The lowest BCUT2D eigenvalue weighted by Crippen LogP contribution is -2.09. The van der Waals surface area contributed by atoms with E-state index in [4.69, 9.17) is 32.7 Å². The molecule has 0 saturated heterocycles. The second-order valence-electron chi connectivity index (χ2n) is 6.59. The third-order valence-corrected chi connectivity index (χ3v) is 5.75. The van der Waals surface area contributed by atoms with Gasteiger partial charge in [-0.1, -0.05) is 41.4 Å². The van der Waals surface area contributed by atoms with Crippen LogP contribution in [0.3, 0.4) is 0 Å². The number of benzene rings is 3. The van der Waals surface area contributed by atoms with Gasteiger partial charge >= 0.3 is 5.97 Å². The zero-order valence-electron chi connectivity index (χ0n) is 15.5. The average Bonchev–Trinajstić information content (AvgIpc) is 3.00. The first-order valence-corrected chi connectivity index (χ1v) is 10.4. The summed E-state index contributed by atoms with van der Waals surface area (Å²) in [5.41, 5.74) is 2.06. The number of Topliss-reactive ketones (excluding diaryl/α,β-unsaturated/α-hetero) is 1. The van der Waals surface area contributed by atoms with E-state index in [0.717, 1.165) is 0 Å². The molecule has 7 heteroatoms. The monoisotopic (exact) mass is 502 g/mol. The summed E-state index contributed by atoms with van der Waals surface area (Å²) in [6.07, 6.45) is 1.56. The van der Waals surface area contributed by atoms with E-state index in [9.17, 15) is 9.59 Å². The molecule has 1 aliphatic heterocycles. The SMILES string of the molecule is Cc1cc(OC(=O)c2ccccc2Br)cc2c1C(=O)/C(=C/c1ccc(Cl)cc1Cl)O2. The first-order chi connectivity index (χ1) is 14.3. The van der Waals surface area contributed by atoms with E-state index in [0.29, 0.717) is 42.5 Å². The van der Waals surface area contributed by atoms with Crippen molar-refractivity contribution in [3.05, 3.63) is 97.1 Å². The van der Waals surface area contributed by atoms with Crippen LogP contribution < -0.4 is 9.47 Å². The Morgan fingerprint density at radius 1 is 1.10 bits per heavy atom. The molecule has 30 heavy (non-hydrogen) atoms. The van der Waals surface area contributed by atoms with Gasteiger partial charge < -0.3 is 9.47 Å². The summed E-state index contributed by atoms with van der Waals surface area (Å²) in [6.45, 7) is 1.76. The summed E-state index contributed by atoms with van der Waals surface area (Å²) >= 11 is 15.5. The lowest BCUT2D eigenvalue weighted by molar-refractivity contribution is 0.0733. The first-order valence-electron chi connectivity index (χ1n) is 8.84. The fraction of sp³-hybridized carbons (Fsp3) is 0.0435. The maximum atomic E-state index is 12.8. The lowest BCUT2D eigenvalue weighted by Gasteiger charge is -2.08. The van der Waals surface area contributed by atoms with Crippen LogP contribution in [-0.2, 0) is 0 Å². The van der Waals surface area contributed by atoms with Crippen LogP contribution in [0.4, 0.5) is 0 Å². The quantitative estimate of drug-likeness (QED) is 0.221. The standard InChI is InChI=1S/C23H13BrCl2O4/c1-12-8-15(29-23(28)16-4-2-3-5-17(16)24)11-19-21(12)22(27)20(30-19)9-13-6-7-14(25)10-18(13)26/h2-11H,1H3/b20-9-. The number of aryl methyl sites for hydroxylation is 1. The predicted molar refractivity (Wildman–Crippen MR) is 120 cm³/mol. The molecule has 0 amide bonds. The van der Waals surface area contributed by atoms with E-state index in [2.05, 4.69) is 15.9 Å². The van der Waals surface area contributed by atoms with Gasteiger partial charge in [-0.2, -0.15) is 0 Å². The Balaban J connectivity index is 1.63. The summed E-state index contributed by atoms with van der Waals surface area (Å²) in [5.74, 6) is -0.0458. The maximum absolute atomic E-state index is 12.8. The molecule has 0 aliphatic carbocycles. The molecule has 0 saturated carbocycles. The van der Waals surface area contributed by atoms with Crippen molar-refractivity contribution in [1.82, 2.24) is 0 Å². The summed E-state index contributed by atoms with van der Waals surface area (Å²) in [4.78, 5) is 25.3. The highest BCUT2D eigenvalue weighted by molar-refractivity contribution is 9.10. The van der Waals surface area contributed by atoms with Crippen molar-refractivity contribution in [3.8, 4) is 11.5 Å².